The second kappa shape index (κ2) is 16.2. The van der Waals surface area contributed by atoms with Crippen LogP contribution in [-0.2, 0) is 30.7 Å². The number of nitrogens with one attached hydrogen (secondary N) is 2. The van der Waals surface area contributed by atoms with E-state index in [4.69, 9.17) is 14.8 Å². The Morgan fingerprint density at radius 2 is 1.88 bits per heavy atom. The summed E-state index contributed by atoms with van der Waals surface area (Å²) in [6.07, 6.45) is 12.6. The van der Waals surface area contributed by atoms with Crippen LogP contribution in [0.25, 0.3) is 21.3 Å². The van der Waals surface area contributed by atoms with Crippen LogP contribution < -0.4 is 15.5 Å². The van der Waals surface area contributed by atoms with Gasteiger partial charge in [-0.3, -0.25) is 14.8 Å². The molecule has 0 spiro atoms. The number of nitrogens with zero attached hydrogens (tertiary/aromatic N) is 5. The zero-order chi connectivity index (χ0) is 40.7. The van der Waals surface area contributed by atoms with E-state index in [9.17, 15) is 14.7 Å². The number of fused-ring (bicyclic) bond motifs is 4. The molecule has 58 heavy (non-hydrogen) atoms. The van der Waals surface area contributed by atoms with Gasteiger partial charge in [0.1, 0.15) is 5.82 Å². The second-order valence-corrected chi connectivity index (χ2v) is 19.1. The number of anilines is 2. The first-order valence-electron chi connectivity index (χ1n) is 20.9. The highest BCUT2D eigenvalue weighted by Gasteiger charge is 2.53. The van der Waals surface area contributed by atoms with E-state index in [0.29, 0.717) is 47.0 Å². The number of aromatic carboxylic acids is 1. The van der Waals surface area contributed by atoms with Crippen molar-refractivity contribution in [3.8, 4) is 11.1 Å². The number of aromatic nitrogens is 4. The highest BCUT2D eigenvalue weighted by atomic mass is 32.1. The smallest absolute Gasteiger partial charge is 0.355 e. The van der Waals surface area contributed by atoms with Gasteiger partial charge in [0.15, 0.2) is 10.8 Å². The number of thiazole rings is 1. The Morgan fingerprint density at radius 3 is 2.67 bits per heavy atom. The first-order chi connectivity index (χ1) is 27.9. The summed E-state index contributed by atoms with van der Waals surface area (Å²) < 4.78 is 8.69. The molecular formula is C46H57N7O4S. The number of pyridine rings is 1. The predicted molar refractivity (Wildman–Crippen MR) is 231 cm³/mol. The summed E-state index contributed by atoms with van der Waals surface area (Å²) in [7, 11) is 3.74. The van der Waals surface area contributed by atoms with Crippen molar-refractivity contribution in [2.75, 3.05) is 44.1 Å². The molecule has 8 rings (SSSR count). The number of hydrogen-bond acceptors (Lipinski definition) is 9. The lowest BCUT2D eigenvalue weighted by molar-refractivity contribution is -0.0795. The maximum absolute atomic E-state index is 14.1. The molecule has 306 valence electrons. The van der Waals surface area contributed by atoms with Gasteiger partial charge in [-0.1, -0.05) is 49.8 Å². The lowest BCUT2D eigenvalue weighted by Gasteiger charge is -2.58. The van der Waals surface area contributed by atoms with Crippen molar-refractivity contribution in [1.82, 2.24) is 25.1 Å². The average molecular weight is 804 g/mol. The second-order valence-electron chi connectivity index (χ2n) is 18.0. The highest BCUT2D eigenvalue weighted by Crippen LogP contribution is 2.62. The highest BCUT2D eigenvalue weighted by molar-refractivity contribution is 7.22. The van der Waals surface area contributed by atoms with Gasteiger partial charge in [0.2, 0.25) is 0 Å². The van der Waals surface area contributed by atoms with Crippen LogP contribution in [0.1, 0.15) is 108 Å². The lowest BCUT2D eigenvalue weighted by atomic mass is 9.48. The monoisotopic (exact) mass is 803 g/mol. The van der Waals surface area contributed by atoms with Gasteiger partial charge in [-0.25, -0.2) is 14.8 Å². The van der Waals surface area contributed by atoms with Gasteiger partial charge in [-0.05, 0) is 142 Å². The summed E-state index contributed by atoms with van der Waals surface area (Å²) in [5.74, 6) is -0.698. The third-order valence-electron chi connectivity index (χ3n) is 13.2. The van der Waals surface area contributed by atoms with E-state index in [0.717, 1.165) is 83.5 Å². The molecule has 4 heterocycles. The van der Waals surface area contributed by atoms with E-state index in [2.05, 4.69) is 52.0 Å². The van der Waals surface area contributed by atoms with Crippen molar-refractivity contribution in [3.63, 3.8) is 0 Å². The molecule has 5 aromatic rings. The SMILES string of the molecule is CNCCCc1cc2c(c(C(=O)Nc3nc4ccccc4s3)c1)CN(c1ccc(-c3cnn(CC45CCCC(C)(CC(C)(CCOC)C4)C5)c3C)c(C(=O)O)n1)CC2. The molecule has 1 aliphatic heterocycles. The van der Waals surface area contributed by atoms with Gasteiger partial charge in [-0.15, -0.1) is 0 Å². The summed E-state index contributed by atoms with van der Waals surface area (Å²) in [6.45, 7) is 10.6. The fourth-order valence-corrected chi connectivity index (χ4v) is 11.9. The van der Waals surface area contributed by atoms with Crippen LogP contribution in [0.15, 0.2) is 54.7 Å². The third-order valence-corrected chi connectivity index (χ3v) is 14.1. The quantitative estimate of drug-likeness (QED) is 0.0941. The molecule has 2 aliphatic carbocycles. The molecule has 3 atom stereocenters. The molecule has 2 bridgehead atoms. The van der Waals surface area contributed by atoms with Gasteiger partial charge in [0.25, 0.3) is 5.91 Å². The van der Waals surface area contributed by atoms with Crippen LogP contribution in [-0.4, -0.2) is 70.6 Å². The minimum atomic E-state index is -1.08. The average Bonchev–Trinajstić information content (AvgIpc) is 3.77. The number of ether oxygens (including phenoxy) is 1. The summed E-state index contributed by atoms with van der Waals surface area (Å²) in [5.41, 5.74) is 7.67. The Hall–Kier alpha value is -4.65. The molecular weight excluding hydrogens is 747 g/mol. The Morgan fingerprint density at radius 1 is 1.03 bits per heavy atom. The first-order valence-corrected chi connectivity index (χ1v) is 21.7. The van der Waals surface area contributed by atoms with E-state index in [-0.39, 0.29) is 22.4 Å². The van der Waals surface area contributed by atoms with Crippen molar-refractivity contribution in [1.29, 1.82) is 0 Å². The fraction of sp³-hybridized carbons (Fsp3) is 0.500. The number of benzene rings is 2. The van der Waals surface area contributed by atoms with E-state index < -0.39 is 5.97 Å². The lowest BCUT2D eigenvalue weighted by Crippen LogP contribution is -2.49. The Kier molecular flexibility index (Phi) is 11.2. The van der Waals surface area contributed by atoms with Gasteiger partial charge in [-0.2, -0.15) is 5.10 Å². The van der Waals surface area contributed by atoms with Gasteiger partial charge >= 0.3 is 5.97 Å². The molecule has 2 fully saturated rings. The van der Waals surface area contributed by atoms with Crippen LogP contribution in [0.5, 0.6) is 0 Å². The normalized spacial score (nSPS) is 22.9. The largest absolute Gasteiger partial charge is 0.476 e. The Balaban J connectivity index is 1.06. The molecule has 3 unspecified atom stereocenters. The maximum atomic E-state index is 14.1. The minimum absolute atomic E-state index is 0.00726. The van der Waals surface area contributed by atoms with Crippen LogP contribution >= 0.6 is 11.3 Å². The predicted octanol–water partition coefficient (Wildman–Crippen LogP) is 8.93. The molecule has 3 aromatic heterocycles. The van der Waals surface area contributed by atoms with E-state index in [1.807, 2.05) is 55.7 Å². The number of rotatable bonds is 14. The van der Waals surface area contributed by atoms with Gasteiger partial charge in [0.05, 0.1) is 16.4 Å². The standard InChI is InChI=1S/C46H57N7O4S/c1-30-35(24-48-53(30)29-46-17-9-16-44(2,27-46)26-45(3,28-46)18-21-57-5)33-13-14-39(50-40(33)42(55)56)52-20-15-32-22-31(10-8-19-47-4)23-34(36(32)25-52)41(54)51-43-49-37-11-6-7-12-38(37)58-43/h6-7,11-14,22-24,47H,8-10,15-21,25-29H2,1-5H3,(H,55,56)(H,49,51,54). The van der Waals surface area contributed by atoms with Crippen molar-refractivity contribution in [2.24, 2.45) is 16.2 Å². The van der Waals surface area contributed by atoms with Crippen LogP contribution in [0, 0.1) is 23.2 Å². The van der Waals surface area contributed by atoms with Crippen LogP contribution in [0.4, 0.5) is 10.9 Å². The zero-order valence-electron chi connectivity index (χ0n) is 34.6. The fourth-order valence-electron chi connectivity index (χ4n) is 11.0. The molecule has 3 N–H and O–H groups in total. The van der Waals surface area contributed by atoms with Crippen LogP contribution in [0.3, 0.4) is 0 Å². The number of hydrogen-bond donors (Lipinski definition) is 3. The topological polar surface area (TPSA) is 135 Å². The number of aryl methyl sites for hydroxylation is 1. The number of para-hydroxylation sites is 1. The zero-order valence-corrected chi connectivity index (χ0v) is 35.4. The number of amides is 1. The molecule has 2 saturated carbocycles. The van der Waals surface area contributed by atoms with Crippen molar-refractivity contribution < 1.29 is 19.4 Å². The van der Waals surface area contributed by atoms with Crippen LogP contribution in [0.2, 0.25) is 0 Å². The molecule has 0 saturated heterocycles. The molecule has 1 amide bonds. The molecule has 0 radical (unpaired) electrons. The number of carboxylic acid groups (broad SMARTS) is 1. The van der Waals surface area contributed by atoms with Gasteiger partial charge in [0, 0.05) is 55.7 Å². The number of methoxy groups -OCH3 is 1. The van der Waals surface area contributed by atoms with Crippen molar-refractivity contribution >= 4 is 44.4 Å². The minimum Gasteiger partial charge on any atom is -0.476 e. The number of carbonyl (C=O) groups excluding carboxylic acids is 1. The third kappa shape index (κ3) is 8.15. The maximum Gasteiger partial charge on any atom is 0.355 e. The van der Waals surface area contributed by atoms with Crippen molar-refractivity contribution in [2.45, 2.75) is 98.1 Å². The Bertz CT molecular complexity index is 2300. The van der Waals surface area contributed by atoms with E-state index >= 15 is 0 Å². The number of carbonyl (C=O) groups is 2. The summed E-state index contributed by atoms with van der Waals surface area (Å²) in [6, 6.07) is 15.9. The number of carboxylic acids is 1. The Labute approximate surface area is 345 Å². The summed E-state index contributed by atoms with van der Waals surface area (Å²) in [4.78, 5) is 38.6. The molecule has 2 aromatic carbocycles. The van der Waals surface area contributed by atoms with E-state index in [1.54, 1.807) is 7.11 Å². The van der Waals surface area contributed by atoms with Gasteiger partial charge < -0.3 is 20.1 Å². The molecule has 11 nitrogen and oxygen atoms in total. The van der Waals surface area contributed by atoms with Crippen molar-refractivity contribution in [3.05, 3.63) is 88.4 Å². The summed E-state index contributed by atoms with van der Waals surface area (Å²) >= 11 is 1.46. The van der Waals surface area contributed by atoms with E-state index in [1.165, 1.54) is 43.4 Å². The molecule has 3 aliphatic rings. The molecule has 12 heteroatoms. The summed E-state index contributed by atoms with van der Waals surface area (Å²) in [5, 5.41) is 22.4. The first kappa shape index (κ1) is 40.1.